The molecular weight excluding hydrogens is 317 g/mol. The number of nitrogens with one attached hydrogen (secondary N) is 1. The number of hydrogen-bond acceptors (Lipinski definition) is 5. The zero-order valence-electron chi connectivity index (χ0n) is 13.6. The summed E-state index contributed by atoms with van der Waals surface area (Å²) in [5.74, 6) is 1.03. The van der Waals surface area contributed by atoms with Crippen LogP contribution in [0.3, 0.4) is 0 Å². The van der Waals surface area contributed by atoms with Crippen molar-refractivity contribution in [3.05, 3.63) is 65.9 Å². The molecule has 0 bridgehead atoms. The van der Waals surface area contributed by atoms with Gasteiger partial charge in [-0.2, -0.15) is 0 Å². The monoisotopic (exact) mass is 335 g/mol. The van der Waals surface area contributed by atoms with Crippen LogP contribution in [0, 0.1) is 5.82 Å². The molecular formula is C19H18FN5. The van der Waals surface area contributed by atoms with Crippen LogP contribution in [0.25, 0.3) is 11.4 Å². The summed E-state index contributed by atoms with van der Waals surface area (Å²) >= 11 is 0. The summed E-state index contributed by atoms with van der Waals surface area (Å²) in [5.41, 5.74) is 9.70. The summed E-state index contributed by atoms with van der Waals surface area (Å²) in [6, 6.07) is 10.2. The number of nitrogens with zero attached hydrogens (tertiary/aromatic N) is 3. The molecule has 1 aliphatic carbocycles. The standard InChI is InChI=1S/C19H18FN5/c20-13-2-1-3-15(10-13)23-19-16-11-14(21)4-5-17(16)24-18(25-19)12-6-8-22-9-7-12/h1-3,6-10,14H,4-5,11,21H2,(H,23,24,25)/t14-/m0/s1. The Morgan fingerprint density at radius 1 is 1.12 bits per heavy atom. The van der Waals surface area contributed by atoms with Crippen molar-refractivity contribution in [2.24, 2.45) is 5.73 Å². The van der Waals surface area contributed by atoms with Crippen LogP contribution in [0.4, 0.5) is 15.9 Å². The second kappa shape index (κ2) is 6.57. The predicted molar refractivity (Wildman–Crippen MR) is 94.9 cm³/mol. The van der Waals surface area contributed by atoms with Gasteiger partial charge in [-0.25, -0.2) is 14.4 Å². The summed E-state index contributed by atoms with van der Waals surface area (Å²) in [6.45, 7) is 0. The maximum Gasteiger partial charge on any atom is 0.161 e. The molecule has 0 radical (unpaired) electrons. The highest BCUT2D eigenvalue weighted by atomic mass is 19.1. The topological polar surface area (TPSA) is 76.7 Å². The summed E-state index contributed by atoms with van der Waals surface area (Å²) in [6.07, 6.45) is 5.86. The molecule has 6 heteroatoms. The van der Waals surface area contributed by atoms with Crippen molar-refractivity contribution in [1.29, 1.82) is 0 Å². The highest BCUT2D eigenvalue weighted by molar-refractivity contribution is 5.65. The number of rotatable bonds is 3. The zero-order valence-corrected chi connectivity index (χ0v) is 13.6. The van der Waals surface area contributed by atoms with Gasteiger partial charge >= 0.3 is 0 Å². The average molecular weight is 335 g/mol. The third kappa shape index (κ3) is 3.34. The van der Waals surface area contributed by atoms with Gasteiger partial charge in [0.15, 0.2) is 5.82 Å². The van der Waals surface area contributed by atoms with Gasteiger partial charge in [0.05, 0.1) is 0 Å². The van der Waals surface area contributed by atoms with E-state index < -0.39 is 0 Å². The minimum atomic E-state index is -0.293. The van der Waals surface area contributed by atoms with E-state index in [0.717, 1.165) is 29.7 Å². The number of nitrogens with two attached hydrogens (primary N) is 1. The van der Waals surface area contributed by atoms with Crippen LogP contribution in [-0.4, -0.2) is 21.0 Å². The molecule has 1 aromatic carbocycles. The van der Waals surface area contributed by atoms with Crippen LogP contribution in [0.15, 0.2) is 48.8 Å². The number of pyridine rings is 1. The predicted octanol–water partition coefficient (Wildman–Crippen LogP) is 3.24. The molecule has 3 N–H and O–H groups in total. The lowest BCUT2D eigenvalue weighted by Gasteiger charge is -2.24. The Hall–Kier alpha value is -2.86. The van der Waals surface area contributed by atoms with Crippen molar-refractivity contribution >= 4 is 11.5 Å². The lowest BCUT2D eigenvalue weighted by Crippen LogP contribution is -2.29. The van der Waals surface area contributed by atoms with Crippen LogP contribution >= 0.6 is 0 Å². The second-order valence-electron chi connectivity index (χ2n) is 6.20. The Morgan fingerprint density at radius 3 is 2.76 bits per heavy atom. The van der Waals surface area contributed by atoms with Crippen LogP contribution in [0.1, 0.15) is 17.7 Å². The van der Waals surface area contributed by atoms with Crippen LogP contribution in [-0.2, 0) is 12.8 Å². The van der Waals surface area contributed by atoms with Gasteiger partial charge in [0.2, 0.25) is 0 Å². The smallest absolute Gasteiger partial charge is 0.161 e. The van der Waals surface area contributed by atoms with Gasteiger partial charge < -0.3 is 11.1 Å². The van der Waals surface area contributed by atoms with E-state index in [1.807, 2.05) is 18.2 Å². The molecule has 5 nitrogen and oxygen atoms in total. The lowest BCUT2D eigenvalue weighted by atomic mass is 9.92. The van der Waals surface area contributed by atoms with Crippen LogP contribution in [0.2, 0.25) is 0 Å². The molecule has 3 aromatic rings. The first-order chi connectivity index (χ1) is 12.2. The van der Waals surface area contributed by atoms with E-state index in [1.54, 1.807) is 18.5 Å². The quantitative estimate of drug-likeness (QED) is 0.768. The van der Waals surface area contributed by atoms with Crippen molar-refractivity contribution < 1.29 is 4.39 Å². The van der Waals surface area contributed by atoms with Gasteiger partial charge in [-0.3, -0.25) is 4.98 Å². The molecule has 0 amide bonds. The average Bonchev–Trinajstić information content (AvgIpc) is 2.63. The molecule has 0 aliphatic heterocycles. The fourth-order valence-corrected chi connectivity index (χ4v) is 3.07. The number of fused-ring (bicyclic) bond motifs is 1. The van der Waals surface area contributed by atoms with Gasteiger partial charge in [0.25, 0.3) is 0 Å². The molecule has 0 unspecified atom stereocenters. The molecule has 25 heavy (non-hydrogen) atoms. The van der Waals surface area contributed by atoms with E-state index in [4.69, 9.17) is 10.7 Å². The maximum absolute atomic E-state index is 13.5. The highest BCUT2D eigenvalue weighted by Crippen LogP contribution is 2.30. The van der Waals surface area contributed by atoms with Gasteiger partial charge in [0, 0.05) is 40.9 Å². The third-order valence-corrected chi connectivity index (χ3v) is 4.34. The molecule has 4 rings (SSSR count). The van der Waals surface area contributed by atoms with Gasteiger partial charge in [-0.15, -0.1) is 0 Å². The molecule has 0 fully saturated rings. The fourth-order valence-electron chi connectivity index (χ4n) is 3.07. The number of aryl methyl sites for hydroxylation is 1. The minimum absolute atomic E-state index is 0.0935. The SMILES string of the molecule is N[C@H]1CCc2nc(-c3ccncc3)nc(Nc3cccc(F)c3)c2C1. The minimum Gasteiger partial charge on any atom is -0.340 e. The number of benzene rings is 1. The number of anilines is 2. The summed E-state index contributed by atoms with van der Waals surface area (Å²) in [7, 11) is 0. The van der Waals surface area contributed by atoms with Gasteiger partial charge in [0.1, 0.15) is 11.6 Å². The van der Waals surface area contributed by atoms with E-state index >= 15 is 0 Å². The summed E-state index contributed by atoms with van der Waals surface area (Å²) < 4.78 is 13.5. The first kappa shape index (κ1) is 15.7. The van der Waals surface area contributed by atoms with Crippen molar-refractivity contribution in [2.75, 3.05) is 5.32 Å². The Labute approximate surface area is 145 Å². The van der Waals surface area contributed by atoms with Crippen molar-refractivity contribution in [1.82, 2.24) is 15.0 Å². The van der Waals surface area contributed by atoms with Crippen molar-refractivity contribution in [2.45, 2.75) is 25.3 Å². The molecule has 0 saturated heterocycles. The lowest BCUT2D eigenvalue weighted by molar-refractivity contribution is 0.566. The number of halogens is 1. The fraction of sp³-hybridized carbons (Fsp3) is 0.211. The van der Waals surface area contributed by atoms with Crippen molar-refractivity contribution in [3.63, 3.8) is 0 Å². The van der Waals surface area contributed by atoms with Gasteiger partial charge in [-0.1, -0.05) is 6.07 Å². The van der Waals surface area contributed by atoms with E-state index in [0.29, 0.717) is 23.8 Å². The first-order valence-electron chi connectivity index (χ1n) is 8.27. The second-order valence-corrected chi connectivity index (χ2v) is 6.20. The first-order valence-corrected chi connectivity index (χ1v) is 8.27. The summed E-state index contributed by atoms with van der Waals surface area (Å²) in [5, 5.41) is 3.24. The third-order valence-electron chi connectivity index (χ3n) is 4.34. The Balaban J connectivity index is 1.80. The van der Waals surface area contributed by atoms with Crippen molar-refractivity contribution in [3.8, 4) is 11.4 Å². The normalized spacial score (nSPS) is 16.3. The Kier molecular flexibility index (Phi) is 4.11. The highest BCUT2D eigenvalue weighted by Gasteiger charge is 2.22. The van der Waals surface area contributed by atoms with E-state index in [1.165, 1.54) is 12.1 Å². The van der Waals surface area contributed by atoms with E-state index in [2.05, 4.69) is 15.3 Å². The molecule has 0 spiro atoms. The molecule has 2 heterocycles. The molecule has 1 atom stereocenters. The van der Waals surface area contributed by atoms with E-state index in [-0.39, 0.29) is 11.9 Å². The zero-order chi connectivity index (χ0) is 17.2. The molecule has 1 aliphatic rings. The Morgan fingerprint density at radius 2 is 1.96 bits per heavy atom. The van der Waals surface area contributed by atoms with Crippen LogP contribution in [0.5, 0.6) is 0 Å². The molecule has 126 valence electrons. The van der Waals surface area contributed by atoms with E-state index in [9.17, 15) is 4.39 Å². The maximum atomic E-state index is 13.5. The van der Waals surface area contributed by atoms with Crippen LogP contribution < -0.4 is 11.1 Å². The Bertz CT molecular complexity index is 898. The molecule has 2 aromatic heterocycles. The van der Waals surface area contributed by atoms with Gasteiger partial charge in [-0.05, 0) is 49.6 Å². The number of aromatic nitrogens is 3. The molecule has 0 saturated carbocycles. The largest absolute Gasteiger partial charge is 0.340 e. The number of hydrogen-bond donors (Lipinski definition) is 2. The summed E-state index contributed by atoms with van der Waals surface area (Å²) in [4.78, 5) is 13.5.